The first kappa shape index (κ1) is 25.8. The maximum atomic E-state index is 6.09. The van der Waals surface area contributed by atoms with E-state index in [1.54, 1.807) is 14.2 Å². The van der Waals surface area contributed by atoms with Gasteiger partial charge in [0.2, 0.25) is 0 Å². The summed E-state index contributed by atoms with van der Waals surface area (Å²) in [4.78, 5) is 0. The van der Waals surface area contributed by atoms with Gasteiger partial charge in [-0.3, -0.25) is 0 Å². The molecular weight excluding hydrogens is 344 g/mol. The number of rotatable bonds is 19. The van der Waals surface area contributed by atoms with Gasteiger partial charge in [-0.05, 0) is 26.2 Å². The van der Waals surface area contributed by atoms with Gasteiger partial charge in [0.15, 0.2) is 0 Å². The second-order valence-electron chi connectivity index (χ2n) is 7.28. The Hall–Kier alpha value is -0.203. The molecule has 0 amide bonds. The van der Waals surface area contributed by atoms with E-state index in [0.717, 1.165) is 30.9 Å². The fourth-order valence-corrected chi connectivity index (χ4v) is 5.12. The van der Waals surface area contributed by atoms with Gasteiger partial charge < -0.3 is 18.0 Å². The largest absolute Gasteiger partial charge is 0.500 e. The summed E-state index contributed by atoms with van der Waals surface area (Å²) < 4.78 is 23.4. The van der Waals surface area contributed by atoms with Gasteiger partial charge >= 0.3 is 8.80 Å². The fourth-order valence-electron chi connectivity index (χ4n) is 2.97. The normalized spacial score (nSPS) is 13.1. The molecule has 0 aromatic rings. The van der Waals surface area contributed by atoms with Gasteiger partial charge in [-0.2, -0.15) is 0 Å². The lowest BCUT2D eigenvalue weighted by Crippen LogP contribution is -2.44. The number of ether oxygens (including phenoxy) is 1. The Balaban J connectivity index is 4.35. The Bertz CT molecular complexity index is 332. The summed E-state index contributed by atoms with van der Waals surface area (Å²) in [5, 5.41) is 0. The molecule has 0 N–H and O–H groups in total. The Morgan fingerprint density at radius 1 is 0.885 bits per heavy atom. The first-order valence-corrected chi connectivity index (χ1v) is 12.5. The van der Waals surface area contributed by atoms with Crippen LogP contribution in [0.1, 0.15) is 85.0 Å². The zero-order valence-corrected chi connectivity index (χ0v) is 19.1. The lowest BCUT2D eigenvalue weighted by atomic mass is 10.1. The van der Waals surface area contributed by atoms with Crippen molar-refractivity contribution in [1.29, 1.82) is 0 Å². The van der Waals surface area contributed by atoms with Gasteiger partial charge in [0.05, 0.1) is 12.7 Å². The van der Waals surface area contributed by atoms with Crippen molar-refractivity contribution in [3.05, 3.63) is 12.2 Å². The van der Waals surface area contributed by atoms with E-state index in [-0.39, 0.29) is 6.10 Å². The first-order chi connectivity index (χ1) is 12.5. The molecular formula is C21H44O4Si. The first-order valence-electron chi connectivity index (χ1n) is 10.5. The summed E-state index contributed by atoms with van der Waals surface area (Å²) in [5.74, 6) is 0. The Morgan fingerprint density at radius 2 is 1.50 bits per heavy atom. The summed E-state index contributed by atoms with van der Waals surface area (Å²) in [6.07, 6.45) is 12.5. The Morgan fingerprint density at radius 3 is 2.04 bits per heavy atom. The van der Waals surface area contributed by atoms with Crippen LogP contribution >= 0.6 is 0 Å². The van der Waals surface area contributed by atoms with E-state index >= 15 is 0 Å². The van der Waals surface area contributed by atoms with Gasteiger partial charge in [0, 0.05) is 26.9 Å². The quantitative estimate of drug-likeness (QED) is 0.151. The maximum Gasteiger partial charge on any atom is 0.500 e. The molecule has 0 aliphatic heterocycles. The van der Waals surface area contributed by atoms with Crippen LogP contribution in [0.4, 0.5) is 0 Å². The average Bonchev–Trinajstić information content (AvgIpc) is 2.65. The molecule has 0 saturated carbocycles. The molecule has 0 fully saturated rings. The van der Waals surface area contributed by atoms with Crippen molar-refractivity contribution < 1.29 is 18.0 Å². The molecule has 0 radical (unpaired) electrons. The lowest BCUT2D eigenvalue weighted by molar-refractivity contribution is 0.0482. The highest BCUT2D eigenvalue weighted by atomic mass is 28.4. The summed E-state index contributed by atoms with van der Waals surface area (Å²) in [7, 11) is 0.844. The highest BCUT2D eigenvalue weighted by molar-refractivity contribution is 6.60. The highest BCUT2D eigenvalue weighted by Crippen LogP contribution is 2.22. The Kier molecular flexibility index (Phi) is 16.8. The van der Waals surface area contributed by atoms with Gasteiger partial charge in [-0.15, -0.1) is 0 Å². The van der Waals surface area contributed by atoms with E-state index in [1.165, 1.54) is 44.9 Å². The van der Waals surface area contributed by atoms with Crippen LogP contribution in [-0.4, -0.2) is 42.3 Å². The number of unbranched alkanes of at least 4 members (excludes halogenated alkanes) is 6. The van der Waals surface area contributed by atoms with Crippen molar-refractivity contribution in [2.75, 3.05) is 27.4 Å². The van der Waals surface area contributed by atoms with Crippen LogP contribution in [0.2, 0.25) is 6.04 Å². The van der Waals surface area contributed by atoms with Crippen molar-refractivity contribution >= 4 is 8.80 Å². The predicted octanol–water partition coefficient (Wildman–Crippen LogP) is 6.14. The minimum Gasteiger partial charge on any atom is -0.377 e. The van der Waals surface area contributed by atoms with Gasteiger partial charge in [0.25, 0.3) is 0 Å². The molecule has 26 heavy (non-hydrogen) atoms. The number of hydrogen-bond acceptors (Lipinski definition) is 4. The average molecular weight is 389 g/mol. The van der Waals surface area contributed by atoms with Crippen molar-refractivity contribution in [2.45, 2.75) is 97.1 Å². The smallest absolute Gasteiger partial charge is 0.377 e. The van der Waals surface area contributed by atoms with Crippen molar-refractivity contribution in [2.24, 2.45) is 0 Å². The molecule has 1 atom stereocenters. The zero-order valence-electron chi connectivity index (χ0n) is 18.1. The monoisotopic (exact) mass is 388 g/mol. The van der Waals surface area contributed by atoms with Crippen molar-refractivity contribution in [3.8, 4) is 0 Å². The molecule has 5 heteroatoms. The zero-order chi connectivity index (χ0) is 19.7. The van der Waals surface area contributed by atoms with Gasteiger partial charge in [-0.1, -0.05) is 70.9 Å². The van der Waals surface area contributed by atoms with Crippen LogP contribution in [0.3, 0.4) is 0 Å². The van der Waals surface area contributed by atoms with E-state index in [0.29, 0.717) is 13.2 Å². The van der Waals surface area contributed by atoms with E-state index in [2.05, 4.69) is 20.4 Å². The summed E-state index contributed by atoms with van der Waals surface area (Å²) >= 11 is 0. The van der Waals surface area contributed by atoms with Gasteiger partial charge in [0.1, 0.15) is 0 Å². The molecule has 0 aromatic carbocycles. The van der Waals surface area contributed by atoms with E-state index < -0.39 is 8.80 Å². The van der Waals surface area contributed by atoms with Crippen LogP contribution in [0.5, 0.6) is 0 Å². The minimum atomic E-state index is -2.56. The topological polar surface area (TPSA) is 36.9 Å². The molecule has 1 unspecified atom stereocenters. The second kappa shape index (κ2) is 16.9. The van der Waals surface area contributed by atoms with Crippen molar-refractivity contribution in [3.63, 3.8) is 0 Å². The van der Waals surface area contributed by atoms with Crippen LogP contribution in [0, 0.1) is 0 Å². The minimum absolute atomic E-state index is 0.227. The standard InChI is InChI=1S/C21H44O4Si/c1-7-9-10-11-12-13-14-15-21(24-19-20(3)4)16-18-26(22-5,23-6)25-17-8-2/h21H,3,7-19H2,1-2,4-6H3. The SMILES string of the molecule is C=C(C)COC(CCCCCCCCC)CC[Si](OC)(OC)OCCC. The molecule has 0 rings (SSSR count). The molecule has 156 valence electrons. The second-order valence-corrected chi connectivity index (χ2v) is 10.2. The molecule has 0 aromatic heterocycles. The molecule has 0 heterocycles. The maximum absolute atomic E-state index is 6.09. The van der Waals surface area contributed by atoms with Crippen LogP contribution in [0.25, 0.3) is 0 Å². The van der Waals surface area contributed by atoms with Crippen LogP contribution in [-0.2, 0) is 18.0 Å². The van der Waals surface area contributed by atoms with Crippen LogP contribution in [0.15, 0.2) is 12.2 Å². The summed E-state index contributed by atoms with van der Waals surface area (Å²) in [6.45, 7) is 11.6. The summed E-state index contributed by atoms with van der Waals surface area (Å²) in [5.41, 5.74) is 1.07. The molecule has 0 spiro atoms. The third-order valence-corrected chi connectivity index (χ3v) is 7.40. The molecule has 0 aliphatic carbocycles. The van der Waals surface area contributed by atoms with E-state index in [4.69, 9.17) is 18.0 Å². The number of hydrogen-bond donors (Lipinski definition) is 0. The highest BCUT2D eigenvalue weighted by Gasteiger charge is 2.39. The van der Waals surface area contributed by atoms with Gasteiger partial charge in [-0.25, -0.2) is 0 Å². The molecule has 0 aliphatic rings. The summed E-state index contributed by atoms with van der Waals surface area (Å²) in [6, 6.07) is 0.803. The predicted molar refractivity (Wildman–Crippen MR) is 113 cm³/mol. The lowest BCUT2D eigenvalue weighted by Gasteiger charge is -2.28. The van der Waals surface area contributed by atoms with Crippen LogP contribution < -0.4 is 0 Å². The third-order valence-electron chi connectivity index (χ3n) is 4.62. The van der Waals surface area contributed by atoms with E-state index in [1.807, 2.05) is 6.92 Å². The molecule has 4 nitrogen and oxygen atoms in total. The van der Waals surface area contributed by atoms with E-state index in [9.17, 15) is 0 Å². The fraction of sp³-hybridized carbons (Fsp3) is 0.905. The Labute approximate surface area is 164 Å². The molecule has 0 bridgehead atoms. The molecule has 0 saturated heterocycles. The van der Waals surface area contributed by atoms with Crippen molar-refractivity contribution in [1.82, 2.24) is 0 Å². The third kappa shape index (κ3) is 13.0.